The molecule has 0 radical (unpaired) electrons. The van der Waals surface area contributed by atoms with Gasteiger partial charge in [-0.15, -0.1) is 0 Å². The van der Waals surface area contributed by atoms with Crippen molar-refractivity contribution in [2.24, 2.45) is 0 Å². The number of hydrogen-bond acceptors (Lipinski definition) is 2. The van der Waals surface area contributed by atoms with Crippen molar-refractivity contribution >= 4 is 0 Å². The Hall–Kier alpha value is -1.81. The molecule has 0 fully saturated rings. The van der Waals surface area contributed by atoms with Crippen molar-refractivity contribution in [2.45, 2.75) is 32.2 Å². The molecule has 1 unspecified atom stereocenters. The van der Waals surface area contributed by atoms with Crippen LogP contribution in [0.2, 0.25) is 0 Å². The highest BCUT2D eigenvalue weighted by Gasteiger charge is 2.10. The second-order valence-electron chi connectivity index (χ2n) is 5.13. The molecular formula is C17H20F2N2. The lowest BCUT2D eigenvalue weighted by Crippen LogP contribution is -2.31. The largest absolute Gasteiger partial charge is 0.314 e. The molecule has 112 valence electrons. The second-order valence-corrected chi connectivity index (χ2v) is 5.13. The number of nitrogens with one attached hydrogen (secondary N) is 1. The summed E-state index contributed by atoms with van der Waals surface area (Å²) in [4.78, 5) is 4.00. The van der Waals surface area contributed by atoms with Crippen molar-refractivity contribution in [3.63, 3.8) is 0 Å². The van der Waals surface area contributed by atoms with E-state index in [1.54, 1.807) is 12.4 Å². The smallest absolute Gasteiger partial charge is 0.126 e. The first-order chi connectivity index (χ1) is 10.2. The summed E-state index contributed by atoms with van der Waals surface area (Å²) >= 11 is 0. The van der Waals surface area contributed by atoms with Gasteiger partial charge in [-0.1, -0.05) is 6.92 Å². The molecule has 0 bridgehead atoms. The quantitative estimate of drug-likeness (QED) is 0.844. The van der Waals surface area contributed by atoms with E-state index >= 15 is 0 Å². The molecule has 0 amide bonds. The van der Waals surface area contributed by atoms with Crippen LogP contribution in [-0.4, -0.2) is 17.6 Å². The molecule has 1 aromatic heterocycles. The number of aromatic nitrogens is 1. The van der Waals surface area contributed by atoms with E-state index in [4.69, 9.17) is 0 Å². The van der Waals surface area contributed by atoms with Gasteiger partial charge in [-0.3, -0.25) is 4.98 Å². The summed E-state index contributed by atoms with van der Waals surface area (Å²) in [5, 5.41) is 3.38. The van der Waals surface area contributed by atoms with E-state index < -0.39 is 11.6 Å². The highest BCUT2D eigenvalue weighted by atomic mass is 19.1. The van der Waals surface area contributed by atoms with Crippen LogP contribution in [0.4, 0.5) is 8.78 Å². The van der Waals surface area contributed by atoms with Crippen LogP contribution in [0.5, 0.6) is 0 Å². The molecule has 2 aromatic rings. The third-order valence-electron chi connectivity index (χ3n) is 3.43. The summed E-state index contributed by atoms with van der Waals surface area (Å²) < 4.78 is 26.5. The Balaban J connectivity index is 1.98. The molecule has 0 aliphatic carbocycles. The Bertz CT molecular complexity index is 538. The molecular weight excluding hydrogens is 270 g/mol. The Morgan fingerprint density at radius 1 is 1.05 bits per heavy atom. The van der Waals surface area contributed by atoms with Crippen LogP contribution in [0.25, 0.3) is 0 Å². The lowest BCUT2D eigenvalue weighted by Gasteiger charge is -2.18. The van der Waals surface area contributed by atoms with Crippen LogP contribution in [0.15, 0.2) is 42.7 Å². The van der Waals surface area contributed by atoms with Crippen LogP contribution in [0.3, 0.4) is 0 Å². The number of likely N-dealkylation sites (N-methyl/N-ethyl adjacent to an activating group) is 1. The summed E-state index contributed by atoms with van der Waals surface area (Å²) in [6, 6.07) is 7.89. The summed E-state index contributed by atoms with van der Waals surface area (Å²) in [5.74, 6) is -1.04. The van der Waals surface area contributed by atoms with Crippen molar-refractivity contribution in [1.82, 2.24) is 10.3 Å². The third kappa shape index (κ3) is 5.23. The number of hydrogen-bond donors (Lipinski definition) is 1. The minimum Gasteiger partial charge on any atom is -0.314 e. The predicted molar refractivity (Wildman–Crippen MR) is 80.1 cm³/mol. The summed E-state index contributed by atoms with van der Waals surface area (Å²) in [6.45, 7) is 2.87. The maximum atomic E-state index is 13.2. The molecule has 1 aromatic carbocycles. The summed E-state index contributed by atoms with van der Waals surface area (Å²) in [6.07, 6.45) is 6.00. The van der Waals surface area contributed by atoms with E-state index in [-0.39, 0.29) is 6.04 Å². The van der Waals surface area contributed by atoms with Crippen molar-refractivity contribution in [1.29, 1.82) is 0 Å². The van der Waals surface area contributed by atoms with Gasteiger partial charge in [0.15, 0.2) is 0 Å². The zero-order valence-corrected chi connectivity index (χ0v) is 12.2. The van der Waals surface area contributed by atoms with Crippen molar-refractivity contribution < 1.29 is 8.78 Å². The van der Waals surface area contributed by atoms with Gasteiger partial charge in [0.25, 0.3) is 0 Å². The van der Waals surface area contributed by atoms with Crippen LogP contribution >= 0.6 is 0 Å². The second kappa shape index (κ2) is 7.84. The van der Waals surface area contributed by atoms with Crippen molar-refractivity contribution in [3.8, 4) is 0 Å². The fourth-order valence-electron chi connectivity index (χ4n) is 2.47. The Labute approximate surface area is 124 Å². The van der Waals surface area contributed by atoms with Gasteiger partial charge in [0.2, 0.25) is 0 Å². The maximum Gasteiger partial charge on any atom is 0.126 e. The van der Waals surface area contributed by atoms with Gasteiger partial charge in [-0.2, -0.15) is 0 Å². The normalized spacial score (nSPS) is 12.3. The van der Waals surface area contributed by atoms with Crippen LogP contribution in [0.1, 0.15) is 24.5 Å². The first-order valence-electron chi connectivity index (χ1n) is 7.24. The van der Waals surface area contributed by atoms with Gasteiger partial charge in [0.05, 0.1) is 0 Å². The average molecular weight is 290 g/mol. The summed E-state index contributed by atoms with van der Waals surface area (Å²) in [7, 11) is 0. The van der Waals surface area contributed by atoms with E-state index in [9.17, 15) is 8.78 Å². The molecule has 2 rings (SSSR count). The van der Waals surface area contributed by atoms with Crippen LogP contribution in [-0.2, 0) is 12.8 Å². The Kier molecular flexibility index (Phi) is 5.81. The number of benzene rings is 1. The Morgan fingerprint density at radius 2 is 1.71 bits per heavy atom. The van der Waals surface area contributed by atoms with E-state index in [0.29, 0.717) is 12.0 Å². The molecule has 4 heteroatoms. The van der Waals surface area contributed by atoms with Gasteiger partial charge in [-0.05, 0) is 61.2 Å². The molecule has 1 atom stereocenters. The van der Waals surface area contributed by atoms with E-state index in [1.165, 1.54) is 17.7 Å². The molecule has 0 saturated heterocycles. The van der Waals surface area contributed by atoms with Gasteiger partial charge in [0.1, 0.15) is 11.6 Å². The molecule has 2 nitrogen and oxygen atoms in total. The zero-order chi connectivity index (χ0) is 15.1. The number of rotatable bonds is 7. The van der Waals surface area contributed by atoms with E-state index in [1.807, 2.05) is 19.1 Å². The molecule has 0 aliphatic rings. The fraction of sp³-hybridized carbons (Fsp3) is 0.353. The number of nitrogens with zero attached hydrogens (tertiary/aromatic N) is 1. The standard InChI is InChI=1S/C17H20F2N2/c1-2-21-17(4-3-13-5-7-20-8-6-13)11-14-9-15(18)12-16(19)10-14/h5-10,12,17,21H,2-4,11H2,1H3. The number of pyridine rings is 1. The SMILES string of the molecule is CCNC(CCc1ccncc1)Cc1cc(F)cc(F)c1. The maximum absolute atomic E-state index is 13.2. The minimum atomic E-state index is -0.519. The molecule has 1 N–H and O–H groups in total. The lowest BCUT2D eigenvalue weighted by molar-refractivity contribution is 0.487. The number of aryl methyl sites for hydroxylation is 1. The van der Waals surface area contributed by atoms with Gasteiger partial charge in [-0.25, -0.2) is 8.78 Å². The predicted octanol–water partition coefficient (Wildman–Crippen LogP) is 3.51. The number of halogens is 2. The highest BCUT2D eigenvalue weighted by molar-refractivity contribution is 5.19. The molecule has 1 heterocycles. The van der Waals surface area contributed by atoms with E-state index in [0.717, 1.165) is 25.5 Å². The van der Waals surface area contributed by atoms with E-state index in [2.05, 4.69) is 10.3 Å². The average Bonchev–Trinajstić information content (AvgIpc) is 2.45. The zero-order valence-electron chi connectivity index (χ0n) is 12.2. The minimum absolute atomic E-state index is 0.198. The summed E-state index contributed by atoms with van der Waals surface area (Å²) in [5.41, 5.74) is 1.91. The monoisotopic (exact) mass is 290 g/mol. The fourth-order valence-corrected chi connectivity index (χ4v) is 2.47. The van der Waals surface area contributed by atoms with Crippen LogP contribution < -0.4 is 5.32 Å². The first-order valence-corrected chi connectivity index (χ1v) is 7.24. The van der Waals surface area contributed by atoms with Gasteiger partial charge < -0.3 is 5.32 Å². The van der Waals surface area contributed by atoms with Crippen molar-refractivity contribution in [3.05, 3.63) is 65.5 Å². The van der Waals surface area contributed by atoms with Gasteiger partial charge in [0, 0.05) is 24.5 Å². The van der Waals surface area contributed by atoms with Gasteiger partial charge >= 0.3 is 0 Å². The first kappa shape index (κ1) is 15.6. The molecule has 21 heavy (non-hydrogen) atoms. The highest BCUT2D eigenvalue weighted by Crippen LogP contribution is 2.13. The lowest BCUT2D eigenvalue weighted by atomic mass is 9.99. The molecule has 0 spiro atoms. The molecule has 0 aliphatic heterocycles. The van der Waals surface area contributed by atoms with Crippen molar-refractivity contribution in [2.75, 3.05) is 6.54 Å². The third-order valence-corrected chi connectivity index (χ3v) is 3.43. The van der Waals surface area contributed by atoms with Crippen LogP contribution in [0, 0.1) is 11.6 Å². The molecule has 0 saturated carbocycles. The topological polar surface area (TPSA) is 24.9 Å². The Morgan fingerprint density at radius 3 is 2.33 bits per heavy atom.